The van der Waals surface area contributed by atoms with E-state index in [4.69, 9.17) is 4.55 Å². The summed E-state index contributed by atoms with van der Waals surface area (Å²) in [5.74, 6) is 0.616. The van der Waals surface area contributed by atoms with Gasteiger partial charge in [0, 0.05) is 25.6 Å². The third-order valence-corrected chi connectivity index (χ3v) is 8.37. The Balaban J connectivity index is 2.03. The van der Waals surface area contributed by atoms with E-state index in [1.54, 1.807) is 10.4 Å². The first kappa shape index (κ1) is 22.2. The number of piperidine rings is 1. The van der Waals surface area contributed by atoms with E-state index in [0.717, 1.165) is 42.7 Å². The first-order chi connectivity index (χ1) is 13.6. The molecule has 1 aliphatic rings. The van der Waals surface area contributed by atoms with Crippen LogP contribution in [0.3, 0.4) is 0 Å². The Bertz CT molecular complexity index is 1080. The SMILES string of the molecule is CC[n+]1c(C)[nH]c2c(CCCCS(=O)(=O)O)c(S(=O)(=O)N3CCCCC3)ccc21. The van der Waals surface area contributed by atoms with Crippen molar-refractivity contribution in [2.75, 3.05) is 18.8 Å². The summed E-state index contributed by atoms with van der Waals surface area (Å²) < 4.78 is 61.4. The van der Waals surface area contributed by atoms with Crippen LogP contribution in [0.5, 0.6) is 0 Å². The zero-order valence-electron chi connectivity index (χ0n) is 17.0. The molecule has 0 aliphatic carbocycles. The minimum Gasteiger partial charge on any atom is -0.286 e. The summed E-state index contributed by atoms with van der Waals surface area (Å²) in [4.78, 5) is 3.63. The monoisotopic (exact) mass is 444 g/mol. The molecule has 1 saturated heterocycles. The molecule has 3 rings (SSSR count). The molecule has 162 valence electrons. The van der Waals surface area contributed by atoms with Gasteiger partial charge >= 0.3 is 0 Å². The summed E-state index contributed by atoms with van der Waals surface area (Å²) in [5.41, 5.74) is 2.42. The van der Waals surface area contributed by atoms with Crippen LogP contribution >= 0.6 is 0 Å². The molecule has 0 saturated carbocycles. The second-order valence-electron chi connectivity index (χ2n) is 7.60. The van der Waals surface area contributed by atoms with Crippen molar-refractivity contribution in [1.82, 2.24) is 9.29 Å². The molecule has 1 aromatic heterocycles. The quantitative estimate of drug-likeness (QED) is 0.368. The van der Waals surface area contributed by atoms with Gasteiger partial charge in [-0.1, -0.05) is 6.42 Å². The molecule has 29 heavy (non-hydrogen) atoms. The highest BCUT2D eigenvalue weighted by Gasteiger charge is 2.31. The van der Waals surface area contributed by atoms with Crippen LogP contribution in [0, 0.1) is 6.92 Å². The van der Waals surface area contributed by atoms with Crippen molar-refractivity contribution >= 4 is 31.2 Å². The predicted molar refractivity (Wildman–Crippen MR) is 111 cm³/mol. The number of aromatic amines is 1. The lowest BCUT2D eigenvalue weighted by Gasteiger charge is -2.26. The molecule has 2 heterocycles. The Morgan fingerprint density at radius 2 is 1.79 bits per heavy atom. The number of nitrogens with one attached hydrogen (secondary N) is 1. The van der Waals surface area contributed by atoms with Gasteiger partial charge in [0.1, 0.15) is 0 Å². The normalized spacial score (nSPS) is 16.5. The van der Waals surface area contributed by atoms with Crippen LogP contribution < -0.4 is 4.57 Å². The Hall–Kier alpha value is -1.49. The third kappa shape index (κ3) is 4.82. The maximum atomic E-state index is 13.4. The highest BCUT2D eigenvalue weighted by molar-refractivity contribution is 7.89. The molecule has 2 N–H and O–H groups in total. The number of rotatable bonds is 8. The molecule has 10 heteroatoms. The fourth-order valence-corrected chi connectivity index (χ4v) is 6.48. The highest BCUT2D eigenvalue weighted by Crippen LogP contribution is 2.29. The summed E-state index contributed by atoms with van der Waals surface area (Å²) in [5, 5.41) is 0. The highest BCUT2D eigenvalue weighted by atomic mass is 32.2. The van der Waals surface area contributed by atoms with Gasteiger partial charge in [-0.05, 0) is 51.2 Å². The van der Waals surface area contributed by atoms with E-state index < -0.39 is 20.1 Å². The first-order valence-electron chi connectivity index (χ1n) is 10.1. The minimum atomic E-state index is -4.02. The third-order valence-electron chi connectivity index (χ3n) is 5.58. The Morgan fingerprint density at radius 1 is 1.10 bits per heavy atom. The Labute approximate surface area is 172 Å². The van der Waals surface area contributed by atoms with E-state index in [0.29, 0.717) is 36.4 Å². The van der Waals surface area contributed by atoms with Gasteiger partial charge in [0.15, 0.2) is 11.0 Å². The van der Waals surface area contributed by atoms with Crippen molar-refractivity contribution in [3.05, 3.63) is 23.5 Å². The van der Waals surface area contributed by atoms with Crippen molar-refractivity contribution in [3.63, 3.8) is 0 Å². The summed E-state index contributed by atoms with van der Waals surface area (Å²) in [6, 6.07) is 3.53. The predicted octanol–water partition coefficient (Wildman–Crippen LogP) is 2.17. The van der Waals surface area contributed by atoms with Gasteiger partial charge in [0.2, 0.25) is 10.0 Å². The lowest BCUT2D eigenvalue weighted by Crippen LogP contribution is -2.36. The van der Waals surface area contributed by atoms with Crippen LogP contribution in [-0.2, 0) is 33.1 Å². The van der Waals surface area contributed by atoms with Crippen molar-refractivity contribution in [3.8, 4) is 0 Å². The fourth-order valence-electron chi connectivity index (χ4n) is 4.14. The van der Waals surface area contributed by atoms with Crippen LogP contribution in [0.1, 0.15) is 50.4 Å². The van der Waals surface area contributed by atoms with Crippen molar-refractivity contribution in [2.24, 2.45) is 0 Å². The van der Waals surface area contributed by atoms with E-state index in [2.05, 4.69) is 9.55 Å². The maximum absolute atomic E-state index is 13.4. The van der Waals surface area contributed by atoms with Crippen LogP contribution in [0.4, 0.5) is 0 Å². The average Bonchev–Trinajstić information content (AvgIpc) is 3.00. The molecule has 0 atom stereocenters. The van der Waals surface area contributed by atoms with Crippen molar-refractivity contribution in [2.45, 2.75) is 63.8 Å². The van der Waals surface area contributed by atoms with Crippen LogP contribution in [0.25, 0.3) is 11.0 Å². The van der Waals surface area contributed by atoms with Gasteiger partial charge in [-0.25, -0.2) is 18.0 Å². The number of hydrogen-bond donors (Lipinski definition) is 2. The van der Waals surface area contributed by atoms with Gasteiger partial charge in [-0.15, -0.1) is 0 Å². The molecule has 0 spiro atoms. The van der Waals surface area contributed by atoms with E-state index >= 15 is 0 Å². The topological polar surface area (TPSA) is 111 Å². The van der Waals surface area contributed by atoms with E-state index in [-0.39, 0.29) is 12.2 Å². The molecule has 1 aromatic carbocycles. The Kier molecular flexibility index (Phi) is 6.67. The second-order valence-corrected chi connectivity index (χ2v) is 11.1. The summed E-state index contributed by atoms with van der Waals surface area (Å²) in [6.07, 6.45) is 3.92. The first-order valence-corrected chi connectivity index (χ1v) is 13.2. The second kappa shape index (κ2) is 8.71. The van der Waals surface area contributed by atoms with E-state index in [1.165, 1.54) is 0 Å². The van der Waals surface area contributed by atoms with Crippen molar-refractivity contribution < 1.29 is 26.0 Å². The smallest absolute Gasteiger partial charge is 0.264 e. The molecule has 0 bridgehead atoms. The van der Waals surface area contributed by atoms with Gasteiger partial charge in [0.25, 0.3) is 15.9 Å². The Morgan fingerprint density at radius 3 is 2.41 bits per heavy atom. The van der Waals surface area contributed by atoms with Crippen LogP contribution in [0.2, 0.25) is 0 Å². The summed E-state index contributed by atoms with van der Waals surface area (Å²) in [6.45, 7) is 5.80. The number of hydrogen-bond acceptors (Lipinski definition) is 4. The van der Waals surface area contributed by atoms with Crippen LogP contribution in [0.15, 0.2) is 17.0 Å². The fraction of sp³-hybridized carbons (Fsp3) is 0.632. The number of nitrogens with zero attached hydrogens (tertiary/aromatic N) is 2. The number of unbranched alkanes of at least 4 members (excludes halogenated alkanes) is 1. The molecular weight excluding hydrogens is 414 g/mol. The van der Waals surface area contributed by atoms with Gasteiger partial charge in [-0.3, -0.25) is 4.55 Å². The lowest BCUT2D eigenvalue weighted by atomic mass is 10.1. The number of H-pyrrole nitrogens is 1. The number of aromatic nitrogens is 2. The molecule has 0 amide bonds. The lowest BCUT2D eigenvalue weighted by molar-refractivity contribution is -0.673. The minimum absolute atomic E-state index is 0.270. The molecule has 2 aromatic rings. The van der Waals surface area contributed by atoms with E-state index in [9.17, 15) is 16.8 Å². The van der Waals surface area contributed by atoms with E-state index in [1.807, 2.05) is 19.9 Å². The summed E-state index contributed by atoms with van der Waals surface area (Å²) >= 11 is 0. The maximum Gasteiger partial charge on any atom is 0.264 e. The molecule has 0 radical (unpaired) electrons. The zero-order chi connectivity index (χ0) is 21.2. The van der Waals surface area contributed by atoms with Gasteiger partial charge < -0.3 is 0 Å². The molecule has 1 aliphatic heterocycles. The molecule has 1 fully saturated rings. The summed E-state index contributed by atoms with van der Waals surface area (Å²) in [7, 11) is -7.65. The standard InChI is InChI=1S/C19H29N3O5S2/c1-3-22-15(2)20-19-16(9-5-8-14-28(23,24)25)18(11-10-17(19)22)29(26,27)21-12-6-4-7-13-21/h10-11H,3-9,12-14H2,1-2H3,(H,23,24,25)/p+1. The average molecular weight is 445 g/mol. The van der Waals surface area contributed by atoms with Gasteiger partial charge in [0.05, 0.1) is 17.2 Å². The van der Waals surface area contributed by atoms with Crippen LogP contribution in [-0.4, -0.2) is 49.5 Å². The number of aryl methyl sites for hydroxylation is 3. The number of sulfonamides is 1. The zero-order valence-corrected chi connectivity index (χ0v) is 18.6. The molecule has 8 nitrogen and oxygen atoms in total. The van der Waals surface area contributed by atoms with Gasteiger partial charge in [-0.2, -0.15) is 12.7 Å². The number of fused-ring (bicyclic) bond motifs is 1. The largest absolute Gasteiger partial charge is 0.286 e. The molecular formula is C19H30N3O5S2+. The molecule has 0 unspecified atom stereocenters. The number of benzene rings is 1. The number of imidazole rings is 1. The van der Waals surface area contributed by atoms with Crippen molar-refractivity contribution in [1.29, 1.82) is 0 Å².